The summed E-state index contributed by atoms with van der Waals surface area (Å²) in [7, 11) is 1.69. The van der Waals surface area contributed by atoms with Crippen molar-refractivity contribution in [3.8, 4) is 5.75 Å². The number of methoxy groups -OCH3 is 1. The number of hydrogen-bond donors (Lipinski definition) is 2. The van der Waals surface area contributed by atoms with E-state index in [1.165, 1.54) is 22.3 Å². The van der Waals surface area contributed by atoms with E-state index in [0.29, 0.717) is 17.6 Å². The highest BCUT2D eigenvalue weighted by Crippen LogP contribution is 2.41. The summed E-state index contributed by atoms with van der Waals surface area (Å²) in [5.41, 5.74) is 9.52. The van der Waals surface area contributed by atoms with Crippen LogP contribution in [0, 0.1) is 12.3 Å². The zero-order chi connectivity index (χ0) is 25.4. The molecule has 0 aromatic heterocycles. The third-order valence-electron chi connectivity index (χ3n) is 6.11. The van der Waals surface area contributed by atoms with Gasteiger partial charge in [0.15, 0.2) is 0 Å². The second kappa shape index (κ2) is 13.0. The summed E-state index contributed by atoms with van der Waals surface area (Å²) in [4.78, 5) is 11.4. The molecule has 0 bridgehead atoms. The Hall–Kier alpha value is -2.50. The molecular formula is C29H32IN2O2P. The molecule has 2 N–H and O–H groups in total. The van der Waals surface area contributed by atoms with Crippen LogP contribution in [0.3, 0.4) is 0 Å². The molecule has 4 rings (SSSR count). The number of hydrogen-bond acceptors (Lipinski definition) is 4. The van der Waals surface area contributed by atoms with Gasteiger partial charge in [-0.25, -0.2) is 0 Å². The SMILES string of the molecule is CC.COc1ccc2c(c1)CCCC(c1ccccc1C)=C2C(=N)c1ccc(C=O)cc1NPI. The number of ether oxygens (including phenoxy) is 1. The minimum atomic E-state index is 0.431. The molecule has 182 valence electrons. The molecule has 1 aliphatic carbocycles. The number of rotatable bonds is 7. The second-order valence-electron chi connectivity index (χ2n) is 8.06. The molecule has 0 aliphatic heterocycles. The Morgan fingerprint density at radius 1 is 1.06 bits per heavy atom. The topological polar surface area (TPSA) is 62.2 Å². The molecule has 0 spiro atoms. The number of nitrogens with one attached hydrogen (secondary N) is 2. The highest BCUT2D eigenvalue weighted by Gasteiger charge is 2.25. The molecule has 4 nitrogen and oxygen atoms in total. The maximum atomic E-state index is 11.4. The quantitative estimate of drug-likeness (QED) is 0.124. The van der Waals surface area contributed by atoms with Gasteiger partial charge in [-0.3, -0.25) is 10.2 Å². The lowest BCUT2D eigenvalue weighted by Crippen LogP contribution is -2.09. The van der Waals surface area contributed by atoms with Crippen molar-refractivity contribution in [3.05, 3.63) is 94.0 Å². The highest BCUT2D eigenvalue weighted by molar-refractivity contribution is 14.2. The molecule has 0 fully saturated rings. The first-order valence-electron chi connectivity index (χ1n) is 11.8. The van der Waals surface area contributed by atoms with Crippen LogP contribution in [-0.2, 0) is 6.42 Å². The Bertz CT molecular complexity index is 1250. The molecule has 3 aromatic rings. The van der Waals surface area contributed by atoms with Crippen LogP contribution in [0.4, 0.5) is 5.69 Å². The van der Waals surface area contributed by atoms with Crippen LogP contribution in [0.25, 0.3) is 11.1 Å². The van der Waals surface area contributed by atoms with Crippen molar-refractivity contribution in [1.29, 1.82) is 5.41 Å². The zero-order valence-electron chi connectivity index (χ0n) is 20.7. The summed E-state index contributed by atoms with van der Waals surface area (Å²) in [6.07, 6.45) is 4.11. The first-order valence-corrected chi connectivity index (χ1v) is 16.0. The van der Waals surface area contributed by atoms with Gasteiger partial charge in [-0.1, -0.05) is 56.3 Å². The van der Waals surface area contributed by atoms with Crippen LogP contribution in [0.5, 0.6) is 5.75 Å². The van der Waals surface area contributed by atoms with Crippen LogP contribution >= 0.6 is 28.4 Å². The maximum Gasteiger partial charge on any atom is 0.150 e. The average Bonchev–Trinajstić information content (AvgIpc) is 3.08. The average molecular weight is 598 g/mol. The number of carbonyl (C=O) groups excluding carboxylic acids is 1. The van der Waals surface area contributed by atoms with E-state index >= 15 is 0 Å². The lowest BCUT2D eigenvalue weighted by molar-refractivity contribution is 0.112. The van der Waals surface area contributed by atoms with Gasteiger partial charge in [0.05, 0.1) is 12.8 Å². The van der Waals surface area contributed by atoms with E-state index in [1.807, 2.05) is 32.0 Å². The number of anilines is 1. The molecule has 0 saturated heterocycles. The first-order chi connectivity index (χ1) is 17.1. The molecular weight excluding hydrogens is 566 g/mol. The Morgan fingerprint density at radius 2 is 1.83 bits per heavy atom. The van der Waals surface area contributed by atoms with Crippen molar-refractivity contribution in [2.75, 3.05) is 12.2 Å². The maximum absolute atomic E-state index is 11.4. The standard InChI is InChI=1S/C27H26IN2O2P.C2H6/c1-17-6-3-4-8-21(17)23-9-5-7-19-15-20(32-2)11-13-22(19)26(23)27(29)24-12-10-18(16-31)14-25(24)30-33-28;1-2/h3-4,6,8,10-16,29-30,33H,5,7,9H2,1-2H3;1-2H3. The van der Waals surface area contributed by atoms with Crippen LogP contribution in [0.1, 0.15) is 64.9 Å². The predicted molar refractivity (Wildman–Crippen MR) is 160 cm³/mol. The van der Waals surface area contributed by atoms with Crippen LogP contribution < -0.4 is 9.82 Å². The molecule has 0 amide bonds. The molecule has 1 aliphatic rings. The van der Waals surface area contributed by atoms with Crippen molar-refractivity contribution in [2.24, 2.45) is 0 Å². The van der Waals surface area contributed by atoms with E-state index in [2.05, 4.69) is 70.5 Å². The zero-order valence-corrected chi connectivity index (χ0v) is 23.8. The third kappa shape index (κ3) is 6.02. The summed E-state index contributed by atoms with van der Waals surface area (Å²) in [5.74, 6) is 0.836. The van der Waals surface area contributed by atoms with Gasteiger partial charge in [0.2, 0.25) is 0 Å². The fourth-order valence-electron chi connectivity index (χ4n) is 4.50. The van der Waals surface area contributed by atoms with Crippen LogP contribution in [-0.4, -0.2) is 19.1 Å². The van der Waals surface area contributed by atoms with E-state index < -0.39 is 0 Å². The Kier molecular flexibility index (Phi) is 10.1. The van der Waals surface area contributed by atoms with E-state index in [-0.39, 0.29) is 0 Å². The summed E-state index contributed by atoms with van der Waals surface area (Å²) >= 11 is 2.27. The van der Waals surface area contributed by atoms with E-state index in [1.54, 1.807) is 13.2 Å². The summed E-state index contributed by atoms with van der Waals surface area (Å²) in [5, 5.41) is 12.8. The molecule has 0 heterocycles. The minimum Gasteiger partial charge on any atom is -0.497 e. The van der Waals surface area contributed by atoms with E-state index in [9.17, 15) is 10.2 Å². The Morgan fingerprint density at radius 3 is 2.51 bits per heavy atom. The summed E-state index contributed by atoms with van der Waals surface area (Å²) in [6, 6.07) is 20.1. The highest BCUT2D eigenvalue weighted by atomic mass is 127. The fourth-order valence-corrected chi connectivity index (χ4v) is 5.68. The van der Waals surface area contributed by atoms with Crippen molar-refractivity contribution in [3.63, 3.8) is 0 Å². The fraction of sp³-hybridized carbons (Fsp3) is 0.241. The molecule has 3 aromatic carbocycles. The van der Waals surface area contributed by atoms with Gasteiger partial charge in [0, 0.05) is 28.8 Å². The second-order valence-corrected chi connectivity index (χ2v) is 10.1. The Labute approximate surface area is 223 Å². The van der Waals surface area contributed by atoms with Crippen LogP contribution in [0.15, 0.2) is 60.7 Å². The molecule has 35 heavy (non-hydrogen) atoms. The van der Waals surface area contributed by atoms with Gasteiger partial charge in [-0.2, -0.15) is 0 Å². The van der Waals surface area contributed by atoms with Crippen molar-refractivity contribution in [1.82, 2.24) is 0 Å². The van der Waals surface area contributed by atoms with Gasteiger partial charge >= 0.3 is 0 Å². The van der Waals surface area contributed by atoms with Gasteiger partial charge in [0.1, 0.15) is 12.0 Å². The lowest BCUT2D eigenvalue weighted by atomic mass is 9.85. The number of carbonyl (C=O) groups is 1. The largest absolute Gasteiger partial charge is 0.497 e. The summed E-state index contributed by atoms with van der Waals surface area (Å²) in [6.45, 7) is 6.13. The molecule has 6 heteroatoms. The van der Waals surface area contributed by atoms with Gasteiger partial charge in [-0.05, 0) is 94.3 Å². The van der Waals surface area contributed by atoms with Crippen LogP contribution in [0.2, 0.25) is 0 Å². The number of allylic oxidation sites excluding steroid dienone is 2. The normalized spacial score (nSPS) is 12.9. The summed E-state index contributed by atoms with van der Waals surface area (Å²) < 4.78 is 5.50. The molecule has 1 atom stereocenters. The molecule has 1 unspecified atom stereocenters. The van der Waals surface area contributed by atoms with Gasteiger partial charge < -0.3 is 9.82 Å². The van der Waals surface area contributed by atoms with Crippen molar-refractivity contribution < 1.29 is 9.53 Å². The lowest BCUT2D eigenvalue weighted by Gasteiger charge is -2.20. The Balaban J connectivity index is 0.00000167. The smallest absolute Gasteiger partial charge is 0.150 e. The number of halogens is 1. The monoisotopic (exact) mass is 598 g/mol. The first kappa shape index (κ1) is 27.1. The van der Waals surface area contributed by atoms with Gasteiger partial charge in [0.25, 0.3) is 0 Å². The van der Waals surface area contributed by atoms with Crippen molar-refractivity contribution in [2.45, 2.75) is 40.0 Å². The number of aldehydes is 1. The minimum absolute atomic E-state index is 0.431. The van der Waals surface area contributed by atoms with E-state index in [0.717, 1.165) is 53.7 Å². The number of benzene rings is 3. The third-order valence-corrected chi connectivity index (χ3v) is 7.28. The van der Waals surface area contributed by atoms with Gasteiger partial charge in [-0.15, -0.1) is 0 Å². The predicted octanol–water partition coefficient (Wildman–Crippen LogP) is 8.51. The molecule has 0 radical (unpaired) electrons. The van der Waals surface area contributed by atoms with Crippen molar-refractivity contribution >= 4 is 57.2 Å². The number of aryl methyl sites for hydroxylation is 2. The van der Waals surface area contributed by atoms with E-state index in [4.69, 9.17) is 4.74 Å². The number of fused-ring (bicyclic) bond motifs is 1. The molecule has 0 saturated carbocycles.